The first-order chi connectivity index (χ1) is 9.49. The minimum absolute atomic E-state index is 0.148. The van der Waals surface area contributed by atoms with Gasteiger partial charge in [0.15, 0.2) is 0 Å². The van der Waals surface area contributed by atoms with Crippen molar-refractivity contribution in [3.63, 3.8) is 0 Å². The molecule has 0 fully saturated rings. The first kappa shape index (κ1) is 13.9. The van der Waals surface area contributed by atoms with Gasteiger partial charge in [-0.1, -0.05) is 18.2 Å². The number of amides is 1. The average Bonchev–Trinajstić information content (AvgIpc) is 2.38. The van der Waals surface area contributed by atoms with E-state index >= 15 is 0 Å². The van der Waals surface area contributed by atoms with E-state index in [9.17, 15) is 15.0 Å². The lowest BCUT2D eigenvalue weighted by Crippen LogP contribution is -2.13. The fraction of sp³-hybridized carbons (Fsp3) is 0.133. The molecule has 0 saturated heterocycles. The standard InChI is InChI=1S/C15H16N2O3/c1-9(16)10-4-2-5-11(8-10)17-15(20)14-12(18)6-3-7-13(14)19/h2-9,18-19H,16H2,1H3,(H,17,20). The van der Waals surface area contributed by atoms with Gasteiger partial charge in [-0.15, -0.1) is 0 Å². The molecular formula is C15H16N2O3. The van der Waals surface area contributed by atoms with Crippen LogP contribution >= 0.6 is 0 Å². The molecule has 0 aliphatic rings. The maximum Gasteiger partial charge on any atom is 0.263 e. The minimum Gasteiger partial charge on any atom is -0.507 e. The summed E-state index contributed by atoms with van der Waals surface area (Å²) in [7, 11) is 0. The zero-order chi connectivity index (χ0) is 14.7. The fourth-order valence-corrected chi connectivity index (χ4v) is 1.85. The van der Waals surface area contributed by atoms with E-state index < -0.39 is 5.91 Å². The molecule has 0 radical (unpaired) electrons. The van der Waals surface area contributed by atoms with Crippen molar-refractivity contribution in [3.8, 4) is 11.5 Å². The Bertz CT molecular complexity index is 619. The van der Waals surface area contributed by atoms with Gasteiger partial charge in [-0.25, -0.2) is 0 Å². The van der Waals surface area contributed by atoms with Crippen LogP contribution in [0.5, 0.6) is 11.5 Å². The number of nitrogens with one attached hydrogen (secondary N) is 1. The van der Waals surface area contributed by atoms with E-state index in [1.807, 2.05) is 13.0 Å². The number of phenolic OH excluding ortho intramolecular Hbond substituents is 2. The average molecular weight is 272 g/mol. The number of rotatable bonds is 3. The molecule has 1 unspecified atom stereocenters. The Kier molecular flexibility index (Phi) is 3.91. The number of benzene rings is 2. The Morgan fingerprint density at radius 3 is 2.35 bits per heavy atom. The third-order valence-electron chi connectivity index (χ3n) is 2.92. The molecule has 0 aliphatic heterocycles. The molecule has 0 bridgehead atoms. The zero-order valence-electron chi connectivity index (χ0n) is 11.0. The molecule has 0 saturated carbocycles. The number of hydrogen-bond acceptors (Lipinski definition) is 4. The summed E-state index contributed by atoms with van der Waals surface area (Å²) in [5.74, 6) is -1.13. The summed E-state index contributed by atoms with van der Waals surface area (Å²) in [6.07, 6.45) is 0. The number of phenols is 2. The number of aromatic hydroxyl groups is 2. The lowest BCUT2D eigenvalue weighted by atomic mass is 10.1. The van der Waals surface area contributed by atoms with Gasteiger partial charge in [0.1, 0.15) is 17.1 Å². The van der Waals surface area contributed by atoms with Gasteiger partial charge < -0.3 is 21.3 Å². The van der Waals surface area contributed by atoms with Gasteiger partial charge in [0.05, 0.1) is 0 Å². The predicted octanol–water partition coefficient (Wildman–Crippen LogP) is 2.37. The molecule has 104 valence electrons. The lowest BCUT2D eigenvalue weighted by Gasteiger charge is -2.11. The molecule has 1 amide bonds. The highest BCUT2D eigenvalue weighted by molar-refractivity contribution is 6.08. The van der Waals surface area contributed by atoms with Crippen molar-refractivity contribution in [3.05, 3.63) is 53.6 Å². The van der Waals surface area contributed by atoms with Gasteiger partial charge in [0.2, 0.25) is 0 Å². The molecule has 0 heterocycles. The van der Waals surface area contributed by atoms with Crippen LogP contribution in [0.3, 0.4) is 0 Å². The highest BCUT2D eigenvalue weighted by Crippen LogP contribution is 2.27. The number of anilines is 1. The van der Waals surface area contributed by atoms with Crippen molar-refractivity contribution >= 4 is 11.6 Å². The molecule has 5 N–H and O–H groups in total. The number of hydrogen-bond donors (Lipinski definition) is 4. The zero-order valence-corrected chi connectivity index (χ0v) is 11.0. The summed E-state index contributed by atoms with van der Waals surface area (Å²) in [6.45, 7) is 1.84. The molecule has 1 atom stereocenters. The molecule has 0 aromatic heterocycles. The monoisotopic (exact) mass is 272 g/mol. The molecular weight excluding hydrogens is 256 g/mol. The van der Waals surface area contributed by atoms with E-state index in [1.165, 1.54) is 18.2 Å². The molecule has 2 aromatic rings. The number of nitrogens with two attached hydrogens (primary N) is 1. The Hall–Kier alpha value is -2.53. The topological polar surface area (TPSA) is 95.6 Å². The third-order valence-corrected chi connectivity index (χ3v) is 2.92. The summed E-state index contributed by atoms with van der Waals surface area (Å²) < 4.78 is 0. The Morgan fingerprint density at radius 2 is 1.75 bits per heavy atom. The SMILES string of the molecule is CC(N)c1cccc(NC(=O)c2c(O)cccc2O)c1. The molecule has 0 spiro atoms. The Balaban J connectivity index is 2.26. The van der Waals surface area contributed by atoms with Crippen LogP contribution in [0.2, 0.25) is 0 Å². The predicted molar refractivity (Wildman–Crippen MR) is 76.8 cm³/mol. The van der Waals surface area contributed by atoms with Crippen molar-refractivity contribution in [2.45, 2.75) is 13.0 Å². The maximum atomic E-state index is 12.1. The van der Waals surface area contributed by atoms with Gasteiger partial charge in [-0.2, -0.15) is 0 Å². The highest BCUT2D eigenvalue weighted by Gasteiger charge is 2.16. The second kappa shape index (κ2) is 5.63. The minimum atomic E-state index is -0.581. The first-order valence-corrected chi connectivity index (χ1v) is 6.17. The smallest absolute Gasteiger partial charge is 0.263 e. The van der Waals surface area contributed by atoms with E-state index in [-0.39, 0.29) is 23.1 Å². The second-order valence-electron chi connectivity index (χ2n) is 4.54. The maximum absolute atomic E-state index is 12.1. The molecule has 0 aliphatic carbocycles. The van der Waals surface area contributed by atoms with E-state index in [0.29, 0.717) is 5.69 Å². The van der Waals surface area contributed by atoms with Gasteiger partial charge in [-0.3, -0.25) is 4.79 Å². The van der Waals surface area contributed by atoms with Crippen LogP contribution in [0.1, 0.15) is 28.9 Å². The summed E-state index contributed by atoms with van der Waals surface area (Å²) in [5, 5.41) is 21.9. The summed E-state index contributed by atoms with van der Waals surface area (Å²) in [5.41, 5.74) is 7.05. The van der Waals surface area contributed by atoms with E-state index in [4.69, 9.17) is 5.73 Å². The molecule has 2 aromatic carbocycles. The van der Waals surface area contributed by atoms with Crippen LogP contribution in [0, 0.1) is 0 Å². The van der Waals surface area contributed by atoms with Gasteiger partial charge >= 0.3 is 0 Å². The van der Waals surface area contributed by atoms with E-state index in [0.717, 1.165) is 5.56 Å². The summed E-state index contributed by atoms with van der Waals surface area (Å²) in [4.78, 5) is 12.1. The fourth-order valence-electron chi connectivity index (χ4n) is 1.85. The van der Waals surface area contributed by atoms with Gasteiger partial charge in [-0.05, 0) is 36.8 Å². The van der Waals surface area contributed by atoms with Crippen LogP contribution in [0.15, 0.2) is 42.5 Å². The largest absolute Gasteiger partial charge is 0.507 e. The van der Waals surface area contributed by atoms with Crippen molar-refractivity contribution in [1.82, 2.24) is 0 Å². The number of carbonyl (C=O) groups excluding carboxylic acids is 1. The summed E-state index contributed by atoms with van der Waals surface area (Å²) >= 11 is 0. The molecule has 2 rings (SSSR count). The van der Waals surface area contributed by atoms with Crippen molar-refractivity contribution in [1.29, 1.82) is 0 Å². The molecule has 20 heavy (non-hydrogen) atoms. The van der Waals surface area contributed by atoms with E-state index in [1.54, 1.807) is 18.2 Å². The van der Waals surface area contributed by atoms with Crippen LogP contribution in [0.4, 0.5) is 5.69 Å². The van der Waals surface area contributed by atoms with Crippen molar-refractivity contribution in [2.24, 2.45) is 5.73 Å². The normalized spacial score (nSPS) is 11.9. The first-order valence-electron chi connectivity index (χ1n) is 6.17. The van der Waals surface area contributed by atoms with Crippen LogP contribution in [-0.4, -0.2) is 16.1 Å². The van der Waals surface area contributed by atoms with Crippen LogP contribution in [0.25, 0.3) is 0 Å². The lowest BCUT2D eigenvalue weighted by molar-refractivity contribution is 0.102. The quantitative estimate of drug-likeness (QED) is 0.689. The number of carbonyl (C=O) groups is 1. The Morgan fingerprint density at radius 1 is 1.15 bits per heavy atom. The Labute approximate surface area is 116 Å². The van der Waals surface area contributed by atoms with Gasteiger partial charge in [0.25, 0.3) is 5.91 Å². The van der Waals surface area contributed by atoms with Crippen LogP contribution in [-0.2, 0) is 0 Å². The molecule has 5 nitrogen and oxygen atoms in total. The van der Waals surface area contributed by atoms with Crippen LogP contribution < -0.4 is 11.1 Å². The van der Waals surface area contributed by atoms with Gasteiger partial charge in [0, 0.05) is 11.7 Å². The summed E-state index contributed by atoms with van der Waals surface area (Å²) in [6, 6.07) is 11.1. The third kappa shape index (κ3) is 2.89. The second-order valence-corrected chi connectivity index (χ2v) is 4.54. The highest BCUT2D eigenvalue weighted by atomic mass is 16.3. The molecule has 5 heteroatoms. The van der Waals surface area contributed by atoms with Crippen molar-refractivity contribution in [2.75, 3.05) is 5.32 Å². The van der Waals surface area contributed by atoms with E-state index in [2.05, 4.69) is 5.32 Å². The van der Waals surface area contributed by atoms with Crippen molar-refractivity contribution < 1.29 is 15.0 Å².